The maximum atomic E-state index is 12.6. The van der Waals surface area contributed by atoms with Crippen molar-refractivity contribution >= 4 is 57.4 Å². The van der Waals surface area contributed by atoms with Gasteiger partial charge >= 0.3 is 0 Å². The standard InChI is InChI=1S/C26H22Cl2N4O2/c27-19-6-3-7-20(28)23(19)26(34)29-17-10-8-15(9-11-17)24-31-21-13-12-18(14-22(21)32-24)30-25(33)16-4-1-2-5-16/h3,6-14,16H,1-2,4-5H2,(H,29,34)(H,30,33)(H,31,32). The molecule has 0 atom stereocenters. The molecule has 8 heteroatoms. The minimum atomic E-state index is -0.376. The number of halogens is 2. The molecule has 0 saturated heterocycles. The minimum Gasteiger partial charge on any atom is -0.338 e. The third-order valence-corrected chi connectivity index (χ3v) is 6.71. The van der Waals surface area contributed by atoms with Crippen LogP contribution < -0.4 is 10.6 Å². The number of carbonyl (C=O) groups is 2. The molecule has 3 N–H and O–H groups in total. The number of benzene rings is 3. The molecular formula is C26H22Cl2N4O2. The summed E-state index contributed by atoms with van der Waals surface area (Å²) in [7, 11) is 0. The van der Waals surface area contributed by atoms with Crippen LogP contribution in [0.15, 0.2) is 60.7 Å². The second kappa shape index (κ2) is 9.49. The lowest BCUT2D eigenvalue weighted by molar-refractivity contribution is -0.119. The maximum absolute atomic E-state index is 12.6. The summed E-state index contributed by atoms with van der Waals surface area (Å²) >= 11 is 12.3. The molecule has 1 aromatic heterocycles. The molecule has 1 aliphatic carbocycles. The number of anilines is 2. The Hall–Kier alpha value is -3.35. The van der Waals surface area contributed by atoms with Crippen LogP contribution in [0, 0.1) is 5.92 Å². The van der Waals surface area contributed by atoms with E-state index in [1.807, 2.05) is 30.3 Å². The van der Waals surface area contributed by atoms with Gasteiger partial charge < -0.3 is 15.6 Å². The van der Waals surface area contributed by atoms with Crippen LogP contribution in [0.1, 0.15) is 36.0 Å². The first-order valence-electron chi connectivity index (χ1n) is 11.1. The van der Waals surface area contributed by atoms with Crippen LogP contribution in [0.4, 0.5) is 11.4 Å². The van der Waals surface area contributed by atoms with Crippen molar-refractivity contribution in [2.75, 3.05) is 10.6 Å². The number of hydrogen-bond donors (Lipinski definition) is 3. The van der Waals surface area contributed by atoms with E-state index in [0.29, 0.717) is 21.6 Å². The van der Waals surface area contributed by atoms with Gasteiger partial charge in [0.1, 0.15) is 5.82 Å². The SMILES string of the molecule is O=C(Nc1ccc(-c2nc3ccc(NC(=O)C4CCCC4)cc3[nH]2)cc1)c1c(Cl)cccc1Cl. The summed E-state index contributed by atoms with van der Waals surface area (Å²) in [6.07, 6.45) is 4.17. The van der Waals surface area contributed by atoms with Gasteiger partial charge in [0.05, 0.1) is 26.6 Å². The monoisotopic (exact) mass is 492 g/mol. The summed E-state index contributed by atoms with van der Waals surface area (Å²) in [4.78, 5) is 33.0. The molecule has 1 aliphatic rings. The summed E-state index contributed by atoms with van der Waals surface area (Å²) in [6.45, 7) is 0. The number of rotatable bonds is 5. The Morgan fingerprint density at radius 3 is 2.26 bits per heavy atom. The molecule has 0 unspecified atom stereocenters. The van der Waals surface area contributed by atoms with Gasteiger partial charge in [0.2, 0.25) is 5.91 Å². The van der Waals surface area contributed by atoms with E-state index in [1.165, 1.54) is 0 Å². The Morgan fingerprint density at radius 1 is 0.882 bits per heavy atom. The predicted octanol–water partition coefficient (Wildman–Crippen LogP) is 6.92. The van der Waals surface area contributed by atoms with Crippen LogP contribution in [-0.2, 0) is 4.79 Å². The average molecular weight is 493 g/mol. The zero-order valence-electron chi connectivity index (χ0n) is 18.2. The van der Waals surface area contributed by atoms with Crippen molar-refractivity contribution in [3.63, 3.8) is 0 Å². The molecule has 5 rings (SSSR count). The zero-order valence-corrected chi connectivity index (χ0v) is 19.7. The van der Waals surface area contributed by atoms with Crippen molar-refractivity contribution in [1.82, 2.24) is 9.97 Å². The highest BCUT2D eigenvalue weighted by atomic mass is 35.5. The number of hydrogen-bond acceptors (Lipinski definition) is 3. The number of carbonyl (C=O) groups excluding carboxylic acids is 2. The van der Waals surface area contributed by atoms with Crippen LogP contribution in [0.2, 0.25) is 10.0 Å². The molecule has 2 amide bonds. The predicted molar refractivity (Wildman–Crippen MR) is 137 cm³/mol. The van der Waals surface area contributed by atoms with Crippen molar-refractivity contribution in [3.05, 3.63) is 76.3 Å². The van der Waals surface area contributed by atoms with Crippen molar-refractivity contribution in [1.29, 1.82) is 0 Å². The summed E-state index contributed by atoms with van der Waals surface area (Å²) < 4.78 is 0. The van der Waals surface area contributed by atoms with Gasteiger partial charge in [-0.3, -0.25) is 9.59 Å². The van der Waals surface area contributed by atoms with Gasteiger partial charge in [-0.05, 0) is 67.4 Å². The Kier molecular flexibility index (Phi) is 6.26. The number of nitrogens with zero attached hydrogens (tertiary/aromatic N) is 1. The second-order valence-corrected chi connectivity index (χ2v) is 9.23. The molecule has 0 radical (unpaired) electrons. The molecule has 6 nitrogen and oxygen atoms in total. The number of aromatic amines is 1. The molecule has 1 saturated carbocycles. The van der Waals surface area contributed by atoms with E-state index in [1.54, 1.807) is 30.3 Å². The van der Waals surface area contributed by atoms with E-state index in [0.717, 1.165) is 48.0 Å². The maximum Gasteiger partial charge on any atom is 0.258 e. The Morgan fingerprint density at radius 2 is 1.56 bits per heavy atom. The molecular weight excluding hydrogens is 471 g/mol. The van der Waals surface area contributed by atoms with Gasteiger partial charge in [-0.15, -0.1) is 0 Å². The first-order chi connectivity index (χ1) is 16.5. The molecule has 3 aromatic carbocycles. The first kappa shape index (κ1) is 22.4. The lowest BCUT2D eigenvalue weighted by Crippen LogP contribution is -2.20. The summed E-state index contributed by atoms with van der Waals surface area (Å²) in [5.41, 5.74) is 4.11. The number of H-pyrrole nitrogens is 1. The van der Waals surface area contributed by atoms with Crippen LogP contribution in [0.3, 0.4) is 0 Å². The van der Waals surface area contributed by atoms with Gasteiger partial charge in [0.25, 0.3) is 5.91 Å². The van der Waals surface area contributed by atoms with Crippen molar-refractivity contribution in [2.45, 2.75) is 25.7 Å². The Bertz CT molecular complexity index is 1360. The van der Waals surface area contributed by atoms with Gasteiger partial charge in [-0.25, -0.2) is 4.98 Å². The highest BCUT2D eigenvalue weighted by molar-refractivity contribution is 6.40. The molecule has 1 fully saturated rings. The molecule has 172 valence electrons. The average Bonchev–Trinajstić information content (AvgIpc) is 3.49. The van der Waals surface area contributed by atoms with E-state index < -0.39 is 0 Å². The Labute approximate surface area is 206 Å². The smallest absolute Gasteiger partial charge is 0.258 e. The zero-order chi connectivity index (χ0) is 23.7. The number of fused-ring (bicyclic) bond motifs is 1. The van der Waals surface area contributed by atoms with Gasteiger partial charge in [-0.2, -0.15) is 0 Å². The second-order valence-electron chi connectivity index (χ2n) is 8.42. The normalized spacial score (nSPS) is 13.8. The van der Waals surface area contributed by atoms with Crippen molar-refractivity contribution < 1.29 is 9.59 Å². The van der Waals surface area contributed by atoms with E-state index in [-0.39, 0.29) is 23.3 Å². The summed E-state index contributed by atoms with van der Waals surface area (Å²) in [6, 6.07) is 17.9. The third kappa shape index (κ3) is 4.65. The van der Waals surface area contributed by atoms with E-state index in [9.17, 15) is 9.59 Å². The van der Waals surface area contributed by atoms with Crippen LogP contribution >= 0.6 is 23.2 Å². The lowest BCUT2D eigenvalue weighted by atomic mass is 10.1. The summed E-state index contributed by atoms with van der Waals surface area (Å²) in [5, 5.41) is 6.43. The number of imidazole rings is 1. The van der Waals surface area contributed by atoms with E-state index >= 15 is 0 Å². The largest absolute Gasteiger partial charge is 0.338 e. The van der Waals surface area contributed by atoms with Gasteiger partial charge in [0.15, 0.2) is 0 Å². The van der Waals surface area contributed by atoms with Gasteiger partial charge in [-0.1, -0.05) is 42.1 Å². The van der Waals surface area contributed by atoms with E-state index in [4.69, 9.17) is 23.2 Å². The lowest BCUT2D eigenvalue weighted by Gasteiger charge is -2.10. The molecule has 4 aromatic rings. The quantitative estimate of drug-likeness (QED) is 0.282. The van der Waals surface area contributed by atoms with Crippen LogP contribution in [0.5, 0.6) is 0 Å². The molecule has 1 heterocycles. The third-order valence-electron chi connectivity index (χ3n) is 6.08. The topological polar surface area (TPSA) is 86.9 Å². The van der Waals surface area contributed by atoms with Crippen molar-refractivity contribution in [3.8, 4) is 11.4 Å². The molecule has 0 aliphatic heterocycles. The minimum absolute atomic E-state index is 0.0901. The fourth-order valence-corrected chi connectivity index (χ4v) is 4.85. The number of nitrogens with one attached hydrogen (secondary N) is 3. The fraction of sp³-hybridized carbons (Fsp3) is 0.192. The van der Waals surface area contributed by atoms with Crippen molar-refractivity contribution in [2.24, 2.45) is 5.92 Å². The fourth-order valence-electron chi connectivity index (χ4n) is 4.28. The molecule has 0 bridgehead atoms. The Balaban J connectivity index is 1.30. The molecule has 34 heavy (non-hydrogen) atoms. The summed E-state index contributed by atoms with van der Waals surface area (Å²) in [5.74, 6) is 0.522. The van der Waals surface area contributed by atoms with Crippen LogP contribution in [-0.4, -0.2) is 21.8 Å². The van der Waals surface area contributed by atoms with E-state index in [2.05, 4.69) is 20.6 Å². The number of aromatic nitrogens is 2. The highest BCUT2D eigenvalue weighted by Gasteiger charge is 2.22. The molecule has 0 spiro atoms. The van der Waals surface area contributed by atoms with Gasteiger partial charge in [0, 0.05) is 22.9 Å². The highest BCUT2D eigenvalue weighted by Crippen LogP contribution is 2.29. The number of amides is 2. The first-order valence-corrected chi connectivity index (χ1v) is 11.9. The van der Waals surface area contributed by atoms with Crippen LogP contribution in [0.25, 0.3) is 22.4 Å².